The number of hydrogen-bond donors (Lipinski definition) is 8. The number of hydrogen-bond acceptors (Lipinski definition) is 22. The van der Waals surface area contributed by atoms with E-state index in [1.165, 1.54) is 38.5 Å². The van der Waals surface area contributed by atoms with Gasteiger partial charge in [0.2, 0.25) is 11.8 Å². The van der Waals surface area contributed by atoms with Crippen molar-refractivity contribution in [1.29, 1.82) is 0 Å². The molecule has 0 radical (unpaired) electrons. The van der Waals surface area contributed by atoms with Gasteiger partial charge >= 0.3 is 71.1 Å². The van der Waals surface area contributed by atoms with Crippen LogP contribution in [0.2, 0.25) is 0 Å². The van der Waals surface area contributed by atoms with Gasteiger partial charge in [-0.3, -0.25) is 37.9 Å². The van der Waals surface area contributed by atoms with Crippen LogP contribution >= 0.6 is 15.6 Å². The van der Waals surface area contributed by atoms with E-state index in [1.54, 1.807) is 0 Å². The molecule has 0 rings (SSSR count). The quantitative estimate of drug-likeness (QED) is 0.0101. The fourth-order valence-corrected chi connectivity index (χ4v) is 12.9. The average molecular weight is 1600 g/mol. The Hall–Kier alpha value is -1.72. The summed E-state index contributed by atoms with van der Waals surface area (Å²) in [5.74, 6) is -4.55. The minimum atomic E-state index is -5.17. The number of ether oxygens (including phenoxy) is 4. The maximum atomic E-state index is 13.6. The summed E-state index contributed by atoms with van der Waals surface area (Å²) in [4.78, 5) is 105. The van der Waals surface area contributed by atoms with Crippen LogP contribution in [0.1, 0.15) is 324 Å². The number of amides is 4. The molecule has 0 aromatic heterocycles. The predicted molar refractivity (Wildman–Crippen MR) is 410 cm³/mol. The third kappa shape index (κ3) is 69.8. The van der Waals surface area contributed by atoms with Crippen LogP contribution in [0, 0.1) is 0 Å². The van der Waals surface area contributed by atoms with E-state index in [-0.39, 0.29) is 111 Å². The molecule has 0 aromatic rings. The average Bonchev–Trinajstić information content (AvgIpc) is 0.900. The first-order valence-corrected chi connectivity index (χ1v) is 43.9. The zero-order chi connectivity index (χ0) is 78.6. The molecule has 0 aliphatic rings. The largest absolute Gasteiger partial charge is 1.00 e. The van der Waals surface area contributed by atoms with Crippen molar-refractivity contribution >= 4 is 51.2 Å². The first kappa shape index (κ1) is 110. The molecule has 108 heavy (non-hydrogen) atoms. The Bertz CT molecular complexity index is 2200. The number of nitrogens with one attached hydrogen (secondary N) is 4. The van der Waals surface area contributed by atoms with E-state index in [4.69, 9.17) is 37.0 Å². The maximum Gasteiger partial charge on any atom is 1.00 e. The zero-order valence-electron chi connectivity index (χ0n) is 68.1. The molecule has 0 bridgehead atoms. The molecule has 0 heterocycles. The monoisotopic (exact) mass is 1600 g/mol. The second-order valence-corrected chi connectivity index (χ2v) is 30.9. The van der Waals surface area contributed by atoms with E-state index in [2.05, 4.69) is 87.1 Å². The van der Waals surface area contributed by atoms with Crippen LogP contribution in [0.15, 0.2) is 24.3 Å². The molecule has 30 heteroatoms. The normalized spacial score (nSPS) is 15.0. The molecule has 0 fully saturated rings. The third-order valence-corrected chi connectivity index (χ3v) is 19.7. The molecule has 0 spiro atoms. The third-order valence-electron chi connectivity index (χ3n) is 17.8. The van der Waals surface area contributed by atoms with Gasteiger partial charge < -0.3 is 88.5 Å². The first-order valence-electron chi connectivity index (χ1n) is 41.0. The maximum absolute atomic E-state index is 13.6. The molecule has 4 unspecified atom stereocenters. The smallest absolute Gasteiger partial charge is 0.756 e. The summed E-state index contributed by atoms with van der Waals surface area (Å²) in [7, 11) is -10.3. The molecule has 0 saturated heterocycles. The van der Waals surface area contributed by atoms with Gasteiger partial charge in [-0.2, -0.15) is 0 Å². The number of phosphoric ester groups is 2. The molecule has 4 amide bonds. The van der Waals surface area contributed by atoms with Gasteiger partial charge in [0.25, 0.3) is 27.5 Å². The summed E-state index contributed by atoms with van der Waals surface area (Å²) >= 11 is 0. The van der Waals surface area contributed by atoms with Crippen LogP contribution in [0.3, 0.4) is 0 Å². The van der Waals surface area contributed by atoms with Crippen LogP contribution < -0.4 is 90.2 Å². The van der Waals surface area contributed by atoms with Gasteiger partial charge in [0.15, 0.2) is 12.2 Å². The molecule has 26 nitrogen and oxygen atoms in total. The van der Waals surface area contributed by atoms with Crippen LogP contribution in [0.4, 0.5) is 0 Å². The minimum Gasteiger partial charge on any atom is -0.756 e. The molecule has 0 aliphatic heterocycles. The second-order valence-electron chi connectivity index (χ2n) is 28.1. The van der Waals surface area contributed by atoms with Crippen molar-refractivity contribution in [2.75, 3.05) is 65.9 Å². The van der Waals surface area contributed by atoms with Gasteiger partial charge in [0.1, 0.15) is 12.2 Å². The van der Waals surface area contributed by atoms with E-state index in [0.717, 1.165) is 167 Å². The number of carbonyl (C=O) groups excluding carboxylic acids is 6. The number of aliphatic hydroxyl groups excluding tert-OH is 4. The van der Waals surface area contributed by atoms with Crippen molar-refractivity contribution in [3.05, 3.63) is 24.3 Å². The van der Waals surface area contributed by atoms with Crippen molar-refractivity contribution < 1.29 is 164 Å². The molecule has 0 aromatic carbocycles. The fourth-order valence-electron chi connectivity index (χ4n) is 11.4. The summed E-state index contributed by atoms with van der Waals surface area (Å²) in [5.41, 5.74) is 0. The number of phosphoric acid groups is 2. The molecule has 622 valence electrons. The van der Waals surface area contributed by atoms with Gasteiger partial charge in [-0.15, -0.1) is 0 Å². The number of carbonyl (C=O) groups is 6. The minimum absolute atomic E-state index is 0. The van der Waals surface area contributed by atoms with Gasteiger partial charge in [-0.25, -0.2) is 0 Å². The van der Waals surface area contributed by atoms with E-state index in [0.29, 0.717) is 51.4 Å². The van der Waals surface area contributed by atoms with Crippen molar-refractivity contribution in [2.24, 2.45) is 0 Å². The molecule has 0 aliphatic carbocycles. The zero-order valence-corrected chi connectivity index (χ0v) is 73.9. The number of esters is 2. The van der Waals surface area contributed by atoms with E-state index < -0.39 is 139 Å². The number of aliphatic hydroxyl groups is 4. The summed E-state index contributed by atoms with van der Waals surface area (Å²) < 4.78 is 69.5. The van der Waals surface area contributed by atoms with Gasteiger partial charge in [-0.05, 0) is 103 Å². The number of unbranched alkanes of at least 4 members (excludes halogenated alkanes) is 26. The summed E-state index contributed by atoms with van der Waals surface area (Å²) in [6.07, 6.45) is 37.2. The second kappa shape index (κ2) is 76.6. The topological polar surface area (TPSA) is 386 Å². The molecule has 0 saturated carbocycles. The number of rotatable bonds is 77. The van der Waals surface area contributed by atoms with Crippen LogP contribution in [-0.2, 0) is 74.9 Å². The van der Waals surface area contributed by atoms with Crippen molar-refractivity contribution in [1.82, 2.24) is 21.3 Å². The first-order chi connectivity index (χ1) is 51.0. The number of allylic oxidation sites excluding steroid dienone is 4. The van der Waals surface area contributed by atoms with Crippen LogP contribution in [0.25, 0.3) is 0 Å². The van der Waals surface area contributed by atoms with Gasteiger partial charge in [-0.1, -0.05) is 220 Å². The van der Waals surface area contributed by atoms with Crippen LogP contribution in [-0.4, -0.2) is 171 Å². The molecule has 10 atom stereocenters. The van der Waals surface area contributed by atoms with Crippen LogP contribution in [0.5, 0.6) is 0 Å². The SMILES string of the molecule is CCCCCC/C=C\CCCC(=O)O[C@H](CCCCCCC)CC(=O)NC(COCC[C@H](O)CCCCCCC)COP(=O)([O-])OCCNC(=O)[C@@H](O)[C@H](O)C(=O)NCCOP(=O)([O-])OCC(COCC[C@H](O)CCCCCCC)NC(=O)C[C@@H](CCCCCCC)OC(=O)CCC/C=C\CCCCCC.[Na+].[Na+]. The standard InChI is InChI=1S/C78H148N4O22P2.2Na/c1-7-13-19-25-27-29-31-37-43-49-73(87)103-69(47-41-35-23-17-11-5)59-71(85)81-65(61-97-55-51-67(83)45-39-33-21-15-9-3)63-101-105(93,94)99-57-53-79-77(91)75(89)76(90)78(92)80-54-58-100-106(95,96)102-64-66(62-98-56-52-68(84)46-40-34-22-16-10-4)82-72(86)60-70(48-42-36-24-18-12-6)104-74(88)50-44-38-32-30-28-26-20-14-8-2;;/h29-32,65-70,75-76,83-84,89-90H,7-28,33-64H2,1-6H3,(H,79,91)(H,80,92)(H,81,85)(H,82,86)(H,93,94)(H,95,96);;/q;2*+1/p-2/b31-29-,32-30-;;/t65?,66?,67-,68-,69-,70-,75+,76+;;/m1../s1. The Kier molecular flexibility index (Phi) is 78.3. The fraction of sp³-hybridized carbons (Fsp3) is 0.872. The van der Waals surface area contributed by atoms with Gasteiger partial charge in [0.05, 0.1) is 76.8 Å². The van der Waals surface area contributed by atoms with Gasteiger partial charge in [0, 0.05) is 39.1 Å². The van der Waals surface area contributed by atoms with E-state index in [1.807, 2.05) is 0 Å². The Morgan fingerprint density at radius 3 is 0.991 bits per heavy atom. The molecular weight excluding hydrogens is 1450 g/mol. The van der Waals surface area contributed by atoms with Crippen molar-refractivity contribution in [2.45, 2.75) is 373 Å². The molecular formula is C78H146N4Na2O22P2. The Morgan fingerprint density at radius 2 is 0.667 bits per heavy atom. The Labute approximate surface area is 694 Å². The van der Waals surface area contributed by atoms with Crippen molar-refractivity contribution in [3.8, 4) is 0 Å². The van der Waals surface area contributed by atoms with E-state index >= 15 is 0 Å². The Balaban J connectivity index is -0.0000551. The summed E-state index contributed by atoms with van der Waals surface area (Å²) in [6, 6.07) is -2.11. The van der Waals surface area contributed by atoms with E-state index in [9.17, 15) is 68.1 Å². The summed E-state index contributed by atoms with van der Waals surface area (Å²) in [6.45, 7) is 8.61. The Morgan fingerprint density at radius 1 is 0.370 bits per heavy atom. The summed E-state index contributed by atoms with van der Waals surface area (Å²) in [5, 5.41) is 52.0. The molecule has 8 N–H and O–H groups in total. The predicted octanol–water partition coefficient (Wildman–Crippen LogP) is 6.90. The van der Waals surface area contributed by atoms with Crippen molar-refractivity contribution in [3.63, 3.8) is 0 Å².